The van der Waals surface area contributed by atoms with Gasteiger partial charge in [0.1, 0.15) is 6.04 Å². The molecule has 2 rings (SSSR count). The lowest BCUT2D eigenvalue weighted by Gasteiger charge is -2.27. The maximum Gasteiger partial charge on any atom is 0.345 e. The van der Waals surface area contributed by atoms with Crippen molar-refractivity contribution in [2.75, 3.05) is 13.1 Å². The van der Waals surface area contributed by atoms with Crippen molar-refractivity contribution in [2.45, 2.75) is 25.4 Å². The van der Waals surface area contributed by atoms with Crippen LogP contribution in [-0.4, -0.2) is 58.2 Å². The zero-order chi connectivity index (χ0) is 14.2. The molecule has 2 atom stereocenters. The molecule has 8 heteroatoms. The van der Waals surface area contributed by atoms with Crippen molar-refractivity contribution >= 4 is 17.8 Å². The van der Waals surface area contributed by atoms with Gasteiger partial charge in [-0.3, -0.25) is 14.8 Å². The summed E-state index contributed by atoms with van der Waals surface area (Å²) in [6, 6.07) is -1.94. The maximum absolute atomic E-state index is 11.7. The van der Waals surface area contributed by atoms with Crippen LogP contribution in [0.25, 0.3) is 0 Å². The molecule has 2 unspecified atom stereocenters. The monoisotopic (exact) mass is 268 g/mol. The van der Waals surface area contributed by atoms with Crippen molar-refractivity contribution in [2.24, 2.45) is 5.73 Å². The molecule has 0 saturated carbocycles. The second-order valence-electron chi connectivity index (χ2n) is 4.62. The number of amides is 4. The first-order valence-electron chi connectivity index (χ1n) is 5.95. The molecule has 104 valence electrons. The zero-order valence-corrected chi connectivity index (χ0v) is 10.5. The Morgan fingerprint density at radius 2 is 2.26 bits per heavy atom. The Balaban J connectivity index is 2.14. The van der Waals surface area contributed by atoms with E-state index < -0.39 is 24.0 Å². The predicted octanol–water partition coefficient (Wildman–Crippen LogP) is -1.20. The molecular weight excluding hydrogens is 252 g/mol. The van der Waals surface area contributed by atoms with E-state index >= 15 is 0 Å². The lowest BCUT2D eigenvalue weighted by molar-refractivity contribution is -0.121. The predicted molar refractivity (Wildman–Crippen MR) is 63.9 cm³/mol. The molecule has 0 aromatic rings. The number of hydrogen-bond donors (Lipinski definition) is 3. The fourth-order valence-corrected chi connectivity index (χ4v) is 2.39. The summed E-state index contributed by atoms with van der Waals surface area (Å²) in [6.45, 7) is 2.01. The minimum absolute atomic E-state index is 0.159. The topological polar surface area (TPSA) is 116 Å². The summed E-state index contributed by atoms with van der Waals surface area (Å²) < 4.78 is 0. The fourth-order valence-electron chi connectivity index (χ4n) is 2.39. The summed E-state index contributed by atoms with van der Waals surface area (Å²) in [5.74, 6) is -0.799. The van der Waals surface area contributed by atoms with Gasteiger partial charge >= 0.3 is 6.03 Å². The third-order valence-corrected chi connectivity index (χ3v) is 3.32. The highest BCUT2D eigenvalue weighted by Gasteiger charge is 2.46. The average molecular weight is 268 g/mol. The van der Waals surface area contributed by atoms with Gasteiger partial charge in [-0.15, -0.1) is 0 Å². The van der Waals surface area contributed by atoms with Gasteiger partial charge in [0, 0.05) is 13.5 Å². The molecule has 2 heterocycles. The standard InChI is InChI=1S/C11H16N4O4/c1-6(16)13-3-2-7-4-8(10(12)17)14-5-9(7)15(19)11(14)18/h4,8-9,19H,2-3,5H2,1H3,(H2,12,17)(H,13,16). The summed E-state index contributed by atoms with van der Waals surface area (Å²) in [5.41, 5.74) is 5.98. The van der Waals surface area contributed by atoms with Crippen molar-refractivity contribution < 1.29 is 19.6 Å². The summed E-state index contributed by atoms with van der Waals surface area (Å²) in [5, 5.41) is 12.9. The third kappa shape index (κ3) is 2.39. The molecule has 0 radical (unpaired) electrons. The average Bonchev–Trinajstić information content (AvgIpc) is 2.57. The van der Waals surface area contributed by atoms with Crippen molar-refractivity contribution in [1.82, 2.24) is 15.3 Å². The highest BCUT2D eigenvalue weighted by Crippen LogP contribution is 2.29. The van der Waals surface area contributed by atoms with Crippen molar-refractivity contribution in [3.8, 4) is 0 Å². The maximum atomic E-state index is 11.7. The number of primary amides is 1. The van der Waals surface area contributed by atoms with Gasteiger partial charge in [0.05, 0.1) is 12.6 Å². The first-order valence-corrected chi connectivity index (χ1v) is 5.95. The Bertz CT molecular complexity index is 462. The van der Waals surface area contributed by atoms with Gasteiger partial charge in [0.25, 0.3) is 0 Å². The molecule has 19 heavy (non-hydrogen) atoms. The molecule has 8 nitrogen and oxygen atoms in total. The Kier molecular flexibility index (Phi) is 3.43. The van der Waals surface area contributed by atoms with Gasteiger partial charge in [-0.2, -0.15) is 5.06 Å². The highest BCUT2D eigenvalue weighted by molar-refractivity contribution is 5.89. The molecule has 1 fully saturated rings. The molecule has 0 aliphatic carbocycles. The second-order valence-corrected chi connectivity index (χ2v) is 4.62. The van der Waals surface area contributed by atoms with E-state index in [4.69, 9.17) is 5.73 Å². The smallest absolute Gasteiger partial charge is 0.345 e. The van der Waals surface area contributed by atoms with E-state index in [9.17, 15) is 19.6 Å². The number of rotatable bonds is 4. The first-order chi connectivity index (χ1) is 8.91. The molecule has 0 spiro atoms. The van der Waals surface area contributed by atoms with Crippen LogP contribution in [0.15, 0.2) is 11.6 Å². The Morgan fingerprint density at radius 1 is 1.58 bits per heavy atom. The van der Waals surface area contributed by atoms with E-state index in [1.165, 1.54) is 11.8 Å². The van der Waals surface area contributed by atoms with E-state index in [0.717, 1.165) is 5.57 Å². The quantitative estimate of drug-likeness (QED) is 0.438. The minimum atomic E-state index is -0.840. The summed E-state index contributed by atoms with van der Waals surface area (Å²) in [6.07, 6.45) is 2.04. The molecule has 4 amide bonds. The number of fused-ring (bicyclic) bond motifs is 2. The van der Waals surface area contributed by atoms with Crippen molar-refractivity contribution in [3.05, 3.63) is 11.6 Å². The van der Waals surface area contributed by atoms with Crippen LogP contribution < -0.4 is 11.1 Å². The number of carbonyl (C=O) groups excluding carboxylic acids is 3. The number of urea groups is 1. The summed E-state index contributed by atoms with van der Waals surface area (Å²) in [4.78, 5) is 35.1. The van der Waals surface area contributed by atoms with Gasteiger partial charge in [0.2, 0.25) is 11.8 Å². The molecule has 2 aliphatic heterocycles. The van der Waals surface area contributed by atoms with Crippen molar-refractivity contribution in [1.29, 1.82) is 0 Å². The molecule has 0 aromatic heterocycles. The lowest BCUT2D eigenvalue weighted by atomic mass is 9.97. The van der Waals surface area contributed by atoms with Crippen LogP contribution in [0, 0.1) is 0 Å². The van der Waals surface area contributed by atoms with E-state index in [1.54, 1.807) is 6.08 Å². The van der Waals surface area contributed by atoms with E-state index in [1.807, 2.05) is 0 Å². The van der Waals surface area contributed by atoms with Gasteiger partial charge in [0.15, 0.2) is 0 Å². The SMILES string of the molecule is CC(=O)NCCC1=CC(C(N)=O)N2CC1N(O)C2=O. The number of hydrogen-bond acceptors (Lipinski definition) is 4. The number of nitrogens with two attached hydrogens (primary N) is 1. The third-order valence-electron chi connectivity index (χ3n) is 3.32. The summed E-state index contributed by atoms with van der Waals surface area (Å²) in [7, 11) is 0. The number of carbonyl (C=O) groups is 3. The van der Waals surface area contributed by atoms with Crippen LogP contribution in [-0.2, 0) is 9.59 Å². The Labute approximate surface area is 109 Å². The van der Waals surface area contributed by atoms with Crippen LogP contribution in [0.5, 0.6) is 0 Å². The van der Waals surface area contributed by atoms with Crippen LogP contribution in [0.3, 0.4) is 0 Å². The lowest BCUT2D eigenvalue weighted by Crippen LogP contribution is -2.46. The zero-order valence-electron chi connectivity index (χ0n) is 10.5. The van der Waals surface area contributed by atoms with Gasteiger partial charge in [-0.25, -0.2) is 4.79 Å². The second kappa shape index (κ2) is 4.88. The van der Waals surface area contributed by atoms with Crippen LogP contribution in [0.2, 0.25) is 0 Å². The number of nitrogens with zero attached hydrogens (tertiary/aromatic N) is 2. The minimum Gasteiger partial charge on any atom is -0.368 e. The Morgan fingerprint density at radius 3 is 2.84 bits per heavy atom. The first kappa shape index (κ1) is 13.3. The van der Waals surface area contributed by atoms with Crippen LogP contribution in [0.4, 0.5) is 4.79 Å². The molecule has 0 aromatic carbocycles. The van der Waals surface area contributed by atoms with E-state index in [0.29, 0.717) is 18.0 Å². The van der Waals surface area contributed by atoms with Gasteiger partial charge in [-0.05, 0) is 12.0 Å². The largest absolute Gasteiger partial charge is 0.368 e. The molecule has 2 aliphatic rings. The number of nitrogens with one attached hydrogen (secondary N) is 1. The normalized spacial score (nSPS) is 25.4. The van der Waals surface area contributed by atoms with Crippen molar-refractivity contribution in [3.63, 3.8) is 0 Å². The van der Waals surface area contributed by atoms with E-state index in [2.05, 4.69) is 5.32 Å². The molecule has 4 N–H and O–H groups in total. The summed E-state index contributed by atoms with van der Waals surface area (Å²) >= 11 is 0. The highest BCUT2D eigenvalue weighted by atomic mass is 16.5. The van der Waals surface area contributed by atoms with Gasteiger partial charge in [-0.1, -0.05) is 6.08 Å². The molecule has 1 saturated heterocycles. The van der Waals surface area contributed by atoms with E-state index in [-0.39, 0.29) is 12.5 Å². The van der Waals surface area contributed by atoms with Crippen LogP contribution in [0.1, 0.15) is 13.3 Å². The Hall–Kier alpha value is -2.09. The fraction of sp³-hybridized carbons (Fsp3) is 0.545. The number of hydroxylamine groups is 2. The molecular formula is C11H16N4O4. The van der Waals surface area contributed by atoms with Gasteiger partial charge < -0.3 is 16.0 Å². The molecule has 2 bridgehead atoms. The van der Waals surface area contributed by atoms with Crippen LogP contribution >= 0.6 is 0 Å².